The summed E-state index contributed by atoms with van der Waals surface area (Å²) in [5.74, 6) is 0.838. The minimum Gasteiger partial charge on any atom is -0.363 e. The van der Waals surface area contributed by atoms with Gasteiger partial charge in [0.05, 0.1) is 15.0 Å². The lowest BCUT2D eigenvalue weighted by Crippen LogP contribution is -2.55. The molecule has 2 heterocycles. The van der Waals surface area contributed by atoms with Crippen molar-refractivity contribution in [3.8, 4) is 0 Å². The molecule has 164 valence electrons. The van der Waals surface area contributed by atoms with Crippen LogP contribution in [0, 0.1) is 0 Å². The van der Waals surface area contributed by atoms with Crippen LogP contribution in [0.2, 0.25) is 10.0 Å². The number of piperazine rings is 1. The first kappa shape index (κ1) is 22.5. The fourth-order valence-electron chi connectivity index (χ4n) is 4.59. The summed E-state index contributed by atoms with van der Waals surface area (Å²) in [7, 11) is 2.17. The number of amides is 1. The highest BCUT2D eigenvalue weighted by Crippen LogP contribution is 2.35. The highest BCUT2D eigenvalue weighted by Gasteiger charge is 2.30. The Kier molecular flexibility index (Phi) is 6.87. The minimum atomic E-state index is 0.00363. The van der Waals surface area contributed by atoms with E-state index in [0.29, 0.717) is 28.7 Å². The molecule has 2 aliphatic heterocycles. The second kappa shape index (κ2) is 9.45. The second-order valence-corrected chi connectivity index (χ2v) is 10.2. The first-order valence-corrected chi connectivity index (χ1v) is 12.3. The monoisotopic (exact) mass is 475 g/mol. The molecular weight excluding hydrogens is 449 g/mol. The van der Waals surface area contributed by atoms with Gasteiger partial charge in [0, 0.05) is 48.8 Å². The molecule has 0 aliphatic carbocycles. The summed E-state index contributed by atoms with van der Waals surface area (Å²) >= 11 is 13.9. The number of halogens is 2. The summed E-state index contributed by atoms with van der Waals surface area (Å²) in [5.41, 5.74) is 3.04. The number of thioether (sulfide) groups is 1. The van der Waals surface area contributed by atoms with Gasteiger partial charge >= 0.3 is 0 Å². The lowest BCUT2D eigenvalue weighted by Gasteiger charge is -2.45. The largest absolute Gasteiger partial charge is 0.363 e. The van der Waals surface area contributed by atoms with Crippen molar-refractivity contribution in [3.63, 3.8) is 0 Å². The van der Waals surface area contributed by atoms with Crippen molar-refractivity contribution in [2.24, 2.45) is 0 Å². The Morgan fingerprint density at radius 3 is 2.45 bits per heavy atom. The fraction of sp³-hybridized carbons (Fsp3) is 0.375. The zero-order valence-corrected chi connectivity index (χ0v) is 20.3. The van der Waals surface area contributed by atoms with Gasteiger partial charge < -0.3 is 14.7 Å². The molecule has 7 heteroatoms. The fourth-order valence-corrected chi connectivity index (χ4v) is 5.82. The lowest BCUT2D eigenvalue weighted by molar-refractivity contribution is -0.114. The Bertz CT molecular complexity index is 1000. The molecule has 2 aliphatic rings. The third-order valence-corrected chi connectivity index (χ3v) is 7.58. The van der Waals surface area contributed by atoms with Gasteiger partial charge in [0.1, 0.15) is 0 Å². The molecule has 31 heavy (non-hydrogen) atoms. The Hall–Kier alpha value is -1.66. The molecule has 0 radical (unpaired) electrons. The molecular formula is C24H27Cl2N3OS. The zero-order chi connectivity index (χ0) is 22.1. The van der Waals surface area contributed by atoms with Gasteiger partial charge in [0.15, 0.2) is 0 Å². The maximum atomic E-state index is 13.3. The second-order valence-electron chi connectivity index (χ2n) is 8.30. The quantitative estimate of drug-likeness (QED) is 0.536. The molecule has 2 saturated heterocycles. The predicted octanol–water partition coefficient (Wildman–Crippen LogP) is 5.64. The summed E-state index contributed by atoms with van der Waals surface area (Å²) in [6.45, 7) is 7.22. The van der Waals surface area contributed by atoms with Crippen LogP contribution in [0.15, 0.2) is 47.4 Å². The Labute approximate surface area is 198 Å². The number of hydrogen-bond donors (Lipinski definition) is 0. The molecule has 1 amide bonds. The SMILES string of the molecule is CC1CN(C)CC(C)N1c1ccccc1C=C1SCCN(c2ccc(Cl)c(Cl)c2)C1=O. The molecule has 0 bridgehead atoms. The van der Waals surface area contributed by atoms with Gasteiger partial charge in [-0.25, -0.2) is 0 Å². The van der Waals surface area contributed by atoms with Gasteiger partial charge in [-0.1, -0.05) is 41.4 Å². The predicted molar refractivity (Wildman–Crippen MR) is 135 cm³/mol. The molecule has 2 aromatic carbocycles. The Morgan fingerprint density at radius 2 is 1.74 bits per heavy atom. The third kappa shape index (κ3) is 4.75. The van der Waals surface area contributed by atoms with Gasteiger partial charge in [-0.3, -0.25) is 4.79 Å². The standard InChI is InChI=1S/C24H27Cl2N3OS/c1-16-14-27(3)15-17(2)29(16)22-7-5-4-6-18(22)12-23-24(30)28(10-11-31-23)19-8-9-20(25)21(26)13-19/h4-9,12-13,16-17H,10-11,14-15H2,1-3H3. The zero-order valence-electron chi connectivity index (χ0n) is 18.0. The number of rotatable bonds is 3. The van der Waals surface area contributed by atoms with Crippen molar-refractivity contribution in [2.45, 2.75) is 25.9 Å². The van der Waals surface area contributed by atoms with Gasteiger partial charge in [-0.15, -0.1) is 11.8 Å². The molecule has 0 spiro atoms. The van der Waals surface area contributed by atoms with Crippen LogP contribution < -0.4 is 9.80 Å². The van der Waals surface area contributed by atoms with E-state index in [1.165, 1.54) is 5.69 Å². The van der Waals surface area contributed by atoms with E-state index in [-0.39, 0.29) is 5.91 Å². The number of benzene rings is 2. The van der Waals surface area contributed by atoms with Crippen molar-refractivity contribution in [3.05, 3.63) is 63.0 Å². The van der Waals surface area contributed by atoms with E-state index < -0.39 is 0 Å². The van der Waals surface area contributed by atoms with Crippen LogP contribution in [0.4, 0.5) is 11.4 Å². The topological polar surface area (TPSA) is 26.8 Å². The van der Waals surface area contributed by atoms with Crippen LogP contribution in [0.1, 0.15) is 19.4 Å². The number of nitrogens with zero attached hydrogens (tertiary/aromatic N) is 3. The van der Waals surface area contributed by atoms with Crippen LogP contribution in [0.3, 0.4) is 0 Å². The van der Waals surface area contributed by atoms with E-state index in [4.69, 9.17) is 23.2 Å². The molecule has 2 aromatic rings. The lowest BCUT2D eigenvalue weighted by atomic mass is 10.0. The number of carbonyl (C=O) groups is 1. The van der Waals surface area contributed by atoms with E-state index in [1.54, 1.807) is 28.8 Å². The van der Waals surface area contributed by atoms with Crippen molar-refractivity contribution < 1.29 is 4.79 Å². The summed E-state index contributed by atoms with van der Waals surface area (Å²) in [6.07, 6.45) is 2.05. The minimum absolute atomic E-state index is 0.00363. The van der Waals surface area contributed by atoms with Crippen molar-refractivity contribution in [1.82, 2.24) is 4.90 Å². The number of likely N-dealkylation sites (N-methyl/N-ethyl adjacent to an activating group) is 1. The molecule has 0 N–H and O–H groups in total. The average Bonchev–Trinajstić information content (AvgIpc) is 2.72. The summed E-state index contributed by atoms with van der Waals surface area (Å²) < 4.78 is 0. The van der Waals surface area contributed by atoms with Gasteiger partial charge in [0.2, 0.25) is 0 Å². The molecule has 4 nitrogen and oxygen atoms in total. The van der Waals surface area contributed by atoms with Crippen LogP contribution in [0.5, 0.6) is 0 Å². The van der Waals surface area contributed by atoms with E-state index in [9.17, 15) is 4.79 Å². The smallest absolute Gasteiger partial charge is 0.264 e. The molecule has 2 atom stereocenters. The number of hydrogen-bond acceptors (Lipinski definition) is 4. The highest BCUT2D eigenvalue weighted by molar-refractivity contribution is 8.04. The third-order valence-electron chi connectivity index (χ3n) is 5.85. The number of anilines is 2. The normalized spacial score (nSPS) is 24.2. The van der Waals surface area contributed by atoms with Crippen molar-refractivity contribution in [2.75, 3.05) is 42.2 Å². The van der Waals surface area contributed by atoms with Crippen molar-refractivity contribution in [1.29, 1.82) is 0 Å². The van der Waals surface area contributed by atoms with Crippen LogP contribution in [0.25, 0.3) is 6.08 Å². The van der Waals surface area contributed by atoms with E-state index in [2.05, 4.69) is 48.9 Å². The molecule has 2 unspecified atom stereocenters. The van der Waals surface area contributed by atoms with Gasteiger partial charge in [-0.2, -0.15) is 0 Å². The molecule has 0 saturated carbocycles. The van der Waals surface area contributed by atoms with Crippen molar-refractivity contribution >= 4 is 58.3 Å². The Balaban J connectivity index is 1.66. The van der Waals surface area contributed by atoms with Crippen LogP contribution in [-0.4, -0.2) is 55.3 Å². The molecule has 2 fully saturated rings. The molecule has 0 aromatic heterocycles. The van der Waals surface area contributed by atoms with Gasteiger partial charge in [0.25, 0.3) is 5.91 Å². The first-order valence-electron chi connectivity index (χ1n) is 10.5. The van der Waals surface area contributed by atoms with Gasteiger partial charge in [-0.05, 0) is 56.8 Å². The number of carbonyl (C=O) groups excluding carboxylic acids is 1. The first-order chi connectivity index (χ1) is 14.8. The summed E-state index contributed by atoms with van der Waals surface area (Å²) in [6, 6.07) is 14.5. The Morgan fingerprint density at radius 1 is 1.03 bits per heavy atom. The van der Waals surface area contributed by atoms with Crippen LogP contribution in [-0.2, 0) is 4.79 Å². The maximum Gasteiger partial charge on any atom is 0.264 e. The van der Waals surface area contributed by atoms with Crippen LogP contribution >= 0.6 is 35.0 Å². The summed E-state index contributed by atoms with van der Waals surface area (Å²) in [5, 5.41) is 0.948. The van der Waals surface area contributed by atoms with E-state index in [0.717, 1.165) is 35.0 Å². The highest BCUT2D eigenvalue weighted by atomic mass is 35.5. The van der Waals surface area contributed by atoms with E-state index in [1.807, 2.05) is 18.2 Å². The number of para-hydroxylation sites is 1. The maximum absolute atomic E-state index is 13.3. The molecule has 4 rings (SSSR count). The van der Waals surface area contributed by atoms with E-state index >= 15 is 0 Å². The average molecular weight is 476 g/mol. The summed E-state index contributed by atoms with van der Waals surface area (Å²) in [4.78, 5) is 20.7.